The van der Waals surface area contributed by atoms with Crippen LogP contribution in [-0.4, -0.2) is 148 Å². The minimum atomic E-state index is -2.23. The molecular weight excluding hydrogens is 909 g/mol. The van der Waals surface area contributed by atoms with E-state index in [1.165, 1.54) is 19.1 Å². The second-order valence-corrected chi connectivity index (χ2v) is 18.3. The molecule has 4 aromatic rings. The van der Waals surface area contributed by atoms with Crippen LogP contribution in [0.2, 0.25) is 0 Å². The van der Waals surface area contributed by atoms with Gasteiger partial charge in [-0.2, -0.15) is 0 Å². The molecule has 0 spiro atoms. The lowest BCUT2D eigenvalue weighted by Gasteiger charge is -2.41. The second kappa shape index (κ2) is 18.4. The number of benzene rings is 4. The molecule has 0 radical (unpaired) electrons. The van der Waals surface area contributed by atoms with E-state index in [1.54, 1.807) is 35.2 Å². The monoisotopic (exact) mass is 964 g/mol. The summed E-state index contributed by atoms with van der Waals surface area (Å²) in [4.78, 5) is 30.6. The number of phenolic OH excluding ortho intramolecular Hbond substituents is 8. The summed E-state index contributed by atoms with van der Waals surface area (Å²) in [6.45, 7) is -0.00554. The molecule has 8 rings (SSSR count). The Kier molecular flexibility index (Phi) is 13.0. The first-order valence-electron chi connectivity index (χ1n) is 22.3. The number of carbonyl (C=O) groups is 2. The van der Waals surface area contributed by atoms with E-state index in [2.05, 4.69) is 0 Å². The number of methoxy groups -OCH3 is 3. The highest BCUT2D eigenvalue weighted by Crippen LogP contribution is 2.57. The van der Waals surface area contributed by atoms with E-state index in [0.29, 0.717) is 44.3 Å². The third-order valence-electron chi connectivity index (χ3n) is 14.2. The molecule has 0 aromatic heterocycles. The Hall–Kier alpha value is -6.62. The van der Waals surface area contributed by atoms with Crippen molar-refractivity contribution < 1.29 is 94.6 Å². The van der Waals surface area contributed by atoms with Gasteiger partial charge in [0.15, 0.2) is 46.1 Å². The molecule has 4 aromatic carbocycles. The summed E-state index contributed by atoms with van der Waals surface area (Å²) in [6, 6.07) is 8.31. The van der Waals surface area contributed by atoms with Crippen LogP contribution >= 0.6 is 0 Å². The van der Waals surface area contributed by atoms with Gasteiger partial charge < -0.3 is 85.0 Å². The molecule has 2 aliphatic heterocycles. The number of nitrogens with zero attached hydrogens (tertiary/aromatic N) is 2. The van der Waals surface area contributed by atoms with Crippen LogP contribution in [0.5, 0.6) is 74.7 Å². The molecule has 0 bridgehead atoms. The summed E-state index contributed by atoms with van der Waals surface area (Å²) in [7, 11) is 3.63. The Balaban J connectivity index is 0.890. The maximum atomic E-state index is 13.9. The van der Waals surface area contributed by atoms with Crippen LogP contribution in [-0.2, 0) is 25.3 Å². The lowest BCUT2D eigenvalue weighted by molar-refractivity contribution is -0.281. The fraction of sp³-hybridized carbons (Fsp3) is 0.458. The number of phenols is 8. The van der Waals surface area contributed by atoms with Gasteiger partial charge in [-0.15, -0.1) is 0 Å². The Labute approximate surface area is 394 Å². The number of aromatic hydroxyl groups is 8. The highest BCUT2D eigenvalue weighted by molar-refractivity contribution is 6.11. The van der Waals surface area contributed by atoms with E-state index >= 15 is 0 Å². The Bertz CT molecular complexity index is 2630. The van der Waals surface area contributed by atoms with Gasteiger partial charge in [0.25, 0.3) is 5.91 Å². The zero-order chi connectivity index (χ0) is 49.9. The molecule has 2 heterocycles. The van der Waals surface area contributed by atoms with Crippen LogP contribution < -0.4 is 23.7 Å². The van der Waals surface area contributed by atoms with Crippen molar-refractivity contribution in [3.05, 3.63) is 63.7 Å². The lowest BCUT2D eigenvalue weighted by atomic mass is 9.82. The highest BCUT2D eigenvalue weighted by atomic mass is 16.7. The molecule has 21 heteroatoms. The molecule has 2 unspecified atom stereocenters. The van der Waals surface area contributed by atoms with Crippen LogP contribution in [0.3, 0.4) is 0 Å². The van der Waals surface area contributed by atoms with Crippen molar-refractivity contribution in [2.75, 3.05) is 54.3 Å². The van der Waals surface area contributed by atoms with E-state index in [9.17, 15) is 70.9 Å². The second-order valence-electron chi connectivity index (χ2n) is 18.3. The van der Waals surface area contributed by atoms with Crippen molar-refractivity contribution in [2.24, 2.45) is 11.8 Å². The molecule has 0 saturated carbocycles. The third kappa shape index (κ3) is 8.31. The number of fused-ring (bicyclic) bond motifs is 2. The molecule has 2 saturated heterocycles. The number of ether oxygens (including phenoxy) is 5. The zero-order valence-electron chi connectivity index (χ0n) is 38.1. The molecule has 2 fully saturated rings. The molecular formula is C48H56N2O19. The van der Waals surface area contributed by atoms with E-state index in [0.717, 1.165) is 7.11 Å². The predicted octanol–water partition coefficient (Wildman–Crippen LogP) is 2.91. The van der Waals surface area contributed by atoms with Gasteiger partial charge >= 0.3 is 0 Å². The largest absolute Gasteiger partial charge is 0.504 e. The Morgan fingerprint density at radius 1 is 0.565 bits per heavy atom. The average Bonchev–Trinajstić information content (AvgIpc) is 3.76. The standard InChI is InChI=1S/C48H56N2O19/c1-65-40-33(53)26-19-46(61,44(59)29(26)35(55)42(40)67-3)17-23-9-13-49(14-10-23)21-28-31(51)37(57)39(38(58)32(28)52)68-22-69-43-36(56)30-27(34(54)41(43)66-2)20-47(62,45(30)60)18-24-11-15-50(16-12-24)48(63,64)25-7-5-4-6-8-25/h4-8,23-24,51-58,61-64H,9-22H2,1-3H3. The predicted molar refractivity (Wildman–Crippen MR) is 238 cm³/mol. The smallest absolute Gasteiger partial charge is 0.253 e. The fourth-order valence-corrected chi connectivity index (χ4v) is 10.5. The van der Waals surface area contributed by atoms with E-state index in [4.69, 9.17) is 23.7 Å². The summed E-state index contributed by atoms with van der Waals surface area (Å²) in [5, 5.41) is 133. The van der Waals surface area contributed by atoms with Crippen molar-refractivity contribution in [3.63, 3.8) is 0 Å². The van der Waals surface area contributed by atoms with Crippen LogP contribution in [0, 0.1) is 11.8 Å². The number of aliphatic hydroxyl groups is 4. The quantitative estimate of drug-likeness (QED) is 0.0463. The summed E-state index contributed by atoms with van der Waals surface area (Å²) in [5.74, 6) is -12.7. The summed E-state index contributed by atoms with van der Waals surface area (Å²) in [6.07, 6.45) is 0.916. The van der Waals surface area contributed by atoms with Crippen molar-refractivity contribution >= 4 is 11.6 Å². The molecule has 4 aliphatic rings. The maximum Gasteiger partial charge on any atom is 0.253 e. The molecule has 69 heavy (non-hydrogen) atoms. The van der Waals surface area contributed by atoms with Gasteiger partial charge in [-0.25, -0.2) is 4.90 Å². The fourth-order valence-electron chi connectivity index (χ4n) is 10.5. The number of piperidine rings is 2. The maximum absolute atomic E-state index is 13.9. The minimum Gasteiger partial charge on any atom is -0.504 e. The number of likely N-dealkylation sites (tertiary alicyclic amines) is 2. The first kappa shape index (κ1) is 48.8. The SMILES string of the molecule is COc1c(O)c2c(c(O)c1OC)C(=O)C(O)(CC1CCN(Cc3c(O)c(O)c(OCOc4c(O)c5c(c(O)c4OC)CC(O)(CC4CCN(C(O)(O)c6ccccc6)CC4)C5=O)c(O)c3O)CC1)C2. The number of Topliss-reactive ketones (excluding diaryl/α,β-unsaturated/α-hetero) is 2. The molecule has 372 valence electrons. The van der Waals surface area contributed by atoms with E-state index in [1.807, 2.05) is 0 Å². The average molecular weight is 965 g/mol. The number of hydrogen-bond donors (Lipinski definition) is 12. The topological polar surface area (TPSA) is 330 Å². The number of hydrogen-bond acceptors (Lipinski definition) is 21. The summed E-state index contributed by atoms with van der Waals surface area (Å²) >= 11 is 0. The van der Waals surface area contributed by atoms with Gasteiger partial charge in [-0.05, 0) is 63.5 Å². The summed E-state index contributed by atoms with van der Waals surface area (Å²) in [5.41, 5.74) is -4.70. The van der Waals surface area contributed by atoms with Gasteiger partial charge in [-0.3, -0.25) is 14.5 Å². The summed E-state index contributed by atoms with van der Waals surface area (Å²) < 4.78 is 26.6. The first-order valence-corrected chi connectivity index (χ1v) is 22.3. The van der Waals surface area contributed by atoms with Crippen molar-refractivity contribution in [2.45, 2.75) is 75.0 Å². The van der Waals surface area contributed by atoms with Crippen LogP contribution in [0.1, 0.15) is 81.5 Å². The van der Waals surface area contributed by atoms with Gasteiger partial charge in [0.05, 0.1) is 38.0 Å². The zero-order valence-corrected chi connectivity index (χ0v) is 38.1. The van der Waals surface area contributed by atoms with E-state index < -0.39 is 104 Å². The van der Waals surface area contributed by atoms with Crippen LogP contribution in [0.4, 0.5) is 0 Å². The Morgan fingerprint density at radius 3 is 1.46 bits per heavy atom. The molecule has 2 atom stereocenters. The lowest BCUT2D eigenvalue weighted by Crippen LogP contribution is -2.50. The molecule has 12 N–H and O–H groups in total. The van der Waals surface area contributed by atoms with Gasteiger partial charge in [0.1, 0.15) is 11.2 Å². The number of ketones is 2. The van der Waals surface area contributed by atoms with Crippen LogP contribution in [0.15, 0.2) is 30.3 Å². The highest BCUT2D eigenvalue weighted by Gasteiger charge is 2.52. The first-order chi connectivity index (χ1) is 32.7. The van der Waals surface area contributed by atoms with Crippen molar-refractivity contribution in [3.8, 4) is 74.7 Å². The third-order valence-corrected chi connectivity index (χ3v) is 14.2. The normalized spacial score (nSPS) is 21.3. The number of rotatable bonds is 15. The van der Waals surface area contributed by atoms with Crippen molar-refractivity contribution in [1.82, 2.24) is 9.80 Å². The number of carbonyl (C=O) groups excluding carboxylic acids is 2. The van der Waals surface area contributed by atoms with Gasteiger partial charge in [0.2, 0.25) is 47.0 Å². The van der Waals surface area contributed by atoms with Gasteiger partial charge in [-0.1, -0.05) is 30.3 Å². The van der Waals surface area contributed by atoms with Gasteiger partial charge in [0, 0.05) is 49.2 Å². The van der Waals surface area contributed by atoms with E-state index in [-0.39, 0.29) is 90.9 Å². The molecule has 0 amide bonds. The Morgan fingerprint density at radius 2 is 0.986 bits per heavy atom. The molecule has 2 aliphatic carbocycles. The van der Waals surface area contributed by atoms with Crippen LogP contribution in [0.25, 0.3) is 0 Å². The minimum absolute atomic E-state index is 0.00705. The molecule has 21 nitrogen and oxygen atoms in total. The van der Waals surface area contributed by atoms with Crippen molar-refractivity contribution in [1.29, 1.82) is 0 Å².